The zero-order chi connectivity index (χ0) is 19.8. The summed E-state index contributed by atoms with van der Waals surface area (Å²) >= 11 is 3.31. The van der Waals surface area contributed by atoms with Crippen LogP contribution >= 0.6 is 15.9 Å². The van der Waals surface area contributed by atoms with E-state index in [1.165, 1.54) is 0 Å². The van der Waals surface area contributed by atoms with E-state index in [1.54, 1.807) is 24.3 Å². The fourth-order valence-electron chi connectivity index (χ4n) is 2.38. The Balaban J connectivity index is 1.80. The second-order valence-corrected chi connectivity index (χ2v) is 6.40. The number of anilines is 1. The van der Waals surface area contributed by atoms with E-state index in [1.807, 2.05) is 0 Å². The molecule has 0 spiro atoms. The van der Waals surface area contributed by atoms with Gasteiger partial charge in [0.15, 0.2) is 0 Å². The predicted molar refractivity (Wildman–Crippen MR) is 95.2 cm³/mol. The zero-order valence-electron chi connectivity index (χ0n) is 13.2. The van der Waals surface area contributed by atoms with Crippen LogP contribution in [0.3, 0.4) is 0 Å². The highest BCUT2D eigenvalue weighted by Gasteiger charge is 2.33. The lowest BCUT2D eigenvalue weighted by Crippen LogP contribution is -2.30. The molecule has 0 radical (unpaired) electrons. The fourth-order valence-corrected chi connectivity index (χ4v) is 2.76. The number of nitrogens with one attached hydrogen (secondary N) is 3. The maximum absolute atomic E-state index is 12.7. The molecule has 1 aromatic heterocycles. The molecule has 1 amide bonds. The summed E-state index contributed by atoms with van der Waals surface area (Å²) in [7, 11) is 0. The number of aromatic nitrogens is 1. The molecule has 0 saturated carbocycles. The summed E-state index contributed by atoms with van der Waals surface area (Å²) in [5.74, 6) is -0.642. The van der Waals surface area contributed by atoms with E-state index in [0.29, 0.717) is 17.6 Å². The van der Waals surface area contributed by atoms with Crippen molar-refractivity contribution < 1.29 is 22.9 Å². The summed E-state index contributed by atoms with van der Waals surface area (Å²) in [6.45, 7) is 0. The molecule has 3 rings (SSSR count). The average molecular weight is 443 g/mol. The molecule has 0 aliphatic carbocycles. The van der Waals surface area contributed by atoms with Gasteiger partial charge in [-0.25, -0.2) is 0 Å². The lowest BCUT2D eigenvalue weighted by molar-refractivity contribution is -0.384. The number of carbonyl (C=O) groups excluding carboxylic acids is 1. The Morgan fingerprint density at radius 1 is 1.15 bits per heavy atom. The standard InChI is InChI=1S/C16H10BrF3N4O3/c17-10-2-4-11-8(5-10)6-13(21-11)15(25)23-22-12-3-1-9(16(18,19)20)7-14(12)24(26)27/h1-7,21-22H,(H,23,25). The molecular formula is C16H10BrF3N4O3. The highest BCUT2D eigenvalue weighted by atomic mass is 79.9. The number of carbonyl (C=O) groups is 1. The molecule has 0 bridgehead atoms. The van der Waals surface area contributed by atoms with Gasteiger partial charge in [-0.1, -0.05) is 15.9 Å². The Bertz CT molecular complexity index is 1050. The highest BCUT2D eigenvalue weighted by Crippen LogP contribution is 2.34. The van der Waals surface area contributed by atoms with Crippen LogP contribution in [0.1, 0.15) is 16.1 Å². The zero-order valence-corrected chi connectivity index (χ0v) is 14.8. The van der Waals surface area contributed by atoms with Gasteiger partial charge in [0, 0.05) is 21.4 Å². The van der Waals surface area contributed by atoms with E-state index in [9.17, 15) is 28.1 Å². The van der Waals surface area contributed by atoms with Crippen LogP contribution in [0.5, 0.6) is 0 Å². The van der Waals surface area contributed by atoms with Crippen molar-refractivity contribution in [2.45, 2.75) is 6.18 Å². The van der Waals surface area contributed by atoms with Crippen LogP contribution in [0, 0.1) is 10.1 Å². The molecule has 0 unspecified atom stereocenters. The molecule has 27 heavy (non-hydrogen) atoms. The van der Waals surface area contributed by atoms with E-state index in [4.69, 9.17) is 0 Å². The Morgan fingerprint density at radius 3 is 2.56 bits per heavy atom. The highest BCUT2D eigenvalue weighted by molar-refractivity contribution is 9.10. The minimum absolute atomic E-state index is 0.171. The summed E-state index contributed by atoms with van der Waals surface area (Å²) in [5, 5.41) is 11.8. The van der Waals surface area contributed by atoms with Crippen molar-refractivity contribution in [2.24, 2.45) is 0 Å². The van der Waals surface area contributed by atoms with Crippen molar-refractivity contribution in [1.29, 1.82) is 0 Å². The van der Waals surface area contributed by atoms with Crippen molar-refractivity contribution in [3.05, 3.63) is 68.3 Å². The first-order valence-corrected chi connectivity index (χ1v) is 8.15. The number of hydrogen-bond acceptors (Lipinski definition) is 4. The number of halogens is 4. The van der Waals surface area contributed by atoms with E-state index in [0.717, 1.165) is 15.9 Å². The van der Waals surface area contributed by atoms with Crippen molar-refractivity contribution in [3.8, 4) is 0 Å². The van der Waals surface area contributed by atoms with Gasteiger partial charge >= 0.3 is 6.18 Å². The number of hydrogen-bond donors (Lipinski definition) is 3. The van der Waals surface area contributed by atoms with E-state index >= 15 is 0 Å². The Kier molecular flexibility index (Phi) is 4.79. The van der Waals surface area contributed by atoms with Crippen LogP contribution in [0.4, 0.5) is 24.5 Å². The van der Waals surface area contributed by atoms with Gasteiger partial charge in [0.05, 0.1) is 10.5 Å². The third-order valence-electron chi connectivity index (χ3n) is 3.66. The maximum atomic E-state index is 12.7. The second-order valence-electron chi connectivity index (χ2n) is 5.48. The first kappa shape index (κ1) is 18.7. The smallest absolute Gasteiger partial charge is 0.350 e. The van der Waals surface area contributed by atoms with Crippen LogP contribution < -0.4 is 10.9 Å². The number of nitrogens with zero attached hydrogens (tertiary/aromatic N) is 1. The van der Waals surface area contributed by atoms with Gasteiger partial charge in [-0.2, -0.15) is 13.2 Å². The topological polar surface area (TPSA) is 100 Å². The number of fused-ring (bicyclic) bond motifs is 1. The van der Waals surface area contributed by atoms with Crippen LogP contribution in [-0.2, 0) is 6.18 Å². The fraction of sp³-hybridized carbons (Fsp3) is 0.0625. The molecule has 3 aromatic rings. The van der Waals surface area contributed by atoms with E-state index < -0.39 is 28.3 Å². The average Bonchev–Trinajstić information content (AvgIpc) is 3.01. The number of nitro benzene ring substituents is 1. The number of alkyl halides is 3. The number of rotatable bonds is 4. The maximum Gasteiger partial charge on any atom is 0.416 e. The number of aromatic amines is 1. The minimum Gasteiger partial charge on any atom is -0.350 e. The number of amides is 1. The van der Waals surface area contributed by atoms with Gasteiger partial charge in [0.2, 0.25) is 0 Å². The molecule has 3 N–H and O–H groups in total. The molecular weight excluding hydrogens is 433 g/mol. The van der Waals surface area contributed by atoms with E-state index in [2.05, 4.69) is 31.8 Å². The van der Waals surface area contributed by atoms with Crippen LogP contribution in [0.25, 0.3) is 10.9 Å². The number of hydrazine groups is 1. The van der Waals surface area contributed by atoms with Crippen LogP contribution in [0.15, 0.2) is 46.9 Å². The Labute approximate surface area is 157 Å². The summed E-state index contributed by atoms with van der Waals surface area (Å²) in [6.07, 6.45) is -4.72. The van der Waals surface area contributed by atoms with E-state index in [-0.39, 0.29) is 11.4 Å². The number of H-pyrrole nitrogens is 1. The van der Waals surface area contributed by atoms with Gasteiger partial charge < -0.3 is 4.98 Å². The summed E-state index contributed by atoms with van der Waals surface area (Å²) < 4.78 is 38.9. The Morgan fingerprint density at radius 2 is 1.89 bits per heavy atom. The first-order valence-electron chi connectivity index (χ1n) is 7.35. The molecule has 0 saturated heterocycles. The SMILES string of the molecule is O=C(NNc1ccc(C(F)(F)F)cc1[N+](=O)[O-])c1cc2cc(Br)ccc2[nH]1. The van der Waals surface area contributed by atoms with Gasteiger partial charge in [-0.3, -0.25) is 25.8 Å². The lowest BCUT2D eigenvalue weighted by Gasteiger charge is -2.11. The molecule has 11 heteroatoms. The van der Waals surface area contributed by atoms with Gasteiger partial charge in [0.1, 0.15) is 11.4 Å². The van der Waals surface area contributed by atoms with Gasteiger partial charge in [-0.05, 0) is 36.4 Å². The number of benzene rings is 2. The largest absolute Gasteiger partial charge is 0.416 e. The van der Waals surface area contributed by atoms with Crippen LogP contribution in [0.2, 0.25) is 0 Å². The molecule has 0 aliphatic heterocycles. The lowest BCUT2D eigenvalue weighted by atomic mass is 10.1. The number of nitro groups is 1. The third kappa shape index (κ3) is 4.03. The van der Waals surface area contributed by atoms with Gasteiger partial charge in [0.25, 0.3) is 11.6 Å². The summed E-state index contributed by atoms with van der Waals surface area (Å²) in [5.41, 5.74) is 3.13. The van der Waals surface area contributed by atoms with Crippen LogP contribution in [-0.4, -0.2) is 15.8 Å². The molecule has 2 aromatic carbocycles. The van der Waals surface area contributed by atoms with Gasteiger partial charge in [-0.15, -0.1) is 0 Å². The van der Waals surface area contributed by atoms with Crippen molar-refractivity contribution in [3.63, 3.8) is 0 Å². The van der Waals surface area contributed by atoms with Crippen molar-refractivity contribution in [2.75, 3.05) is 5.43 Å². The summed E-state index contributed by atoms with van der Waals surface area (Å²) in [4.78, 5) is 25.2. The molecule has 0 fully saturated rings. The second kappa shape index (κ2) is 6.91. The predicted octanol–water partition coefficient (Wildman–Crippen LogP) is 4.61. The molecule has 140 valence electrons. The normalized spacial score (nSPS) is 11.4. The Hall–Kier alpha value is -3.08. The van der Waals surface area contributed by atoms with Crippen molar-refractivity contribution >= 4 is 44.1 Å². The quantitative estimate of drug-likeness (QED) is 0.405. The monoisotopic (exact) mass is 442 g/mol. The summed E-state index contributed by atoms with van der Waals surface area (Å²) in [6, 6.07) is 8.85. The molecule has 1 heterocycles. The molecule has 7 nitrogen and oxygen atoms in total. The minimum atomic E-state index is -4.72. The first-order chi connectivity index (χ1) is 12.6. The molecule has 0 aliphatic rings. The third-order valence-corrected chi connectivity index (χ3v) is 4.15. The molecule has 0 atom stereocenters. The van der Waals surface area contributed by atoms with Crippen molar-refractivity contribution in [1.82, 2.24) is 10.4 Å².